The van der Waals surface area contributed by atoms with Gasteiger partial charge in [-0.2, -0.15) is 0 Å². The molecule has 0 aromatic carbocycles. The molecule has 3 saturated carbocycles. The number of nitrogens with zero attached hydrogens (tertiary/aromatic N) is 4. The third kappa shape index (κ3) is 0.666. The summed E-state index contributed by atoms with van der Waals surface area (Å²) in [4.78, 5) is 0. The lowest BCUT2D eigenvalue weighted by Gasteiger charge is -2.07. The lowest BCUT2D eigenvalue weighted by molar-refractivity contribution is 0.428. The van der Waals surface area contributed by atoms with Crippen molar-refractivity contribution in [3.63, 3.8) is 0 Å². The standard InChI is InChI=1S/C9H13N5/c10-9-11-12-13-14(9)8-6-4-1-2-5(3-4)7(6)8/h4-8H,1-3H2,(H2,10,11,13). The monoisotopic (exact) mass is 191 g/mol. The molecule has 14 heavy (non-hydrogen) atoms. The van der Waals surface area contributed by atoms with Gasteiger partial charge in [-0.05, 0) is 53.4 Å². The predicted octanol–water partition coefficient (Wildman–Crippen LogP) is 0.472. The molecule has 1 heterocycles. The smallest absolute Gasteiger partial charge is 0.240 e. The van der Waals surface area contributed by atoms with Crippen molar-refractivity contribution in [2.75, 3.05) is 5.73 Å². The van der Waals surface area contributed by atoms with Gasteiger partial charge in [-0.25, -0.2) is 4.68 Å². The first kappa shape index (κ1) is 7.20. The van der Waals surface area contributed by atoms with Gasteiger partial charge in [0.25, 0.3) is 0 Å². The summed E-state index contributed by atoms with van der Waals surface area (Å²) in [5.41, 5.74) is 5.72. The second-order valence-corrected chi connectivity index (χ2v) is 4.96. The molecule has 0 radical (unpaired) electrons. The highest BCUT2D eigenvalue weighted by Gasteiger charge is 2.66. The Morgan fingerprint density at radius 3 is 2.50 bits per heavy atom. The number of nitrogen functional groups attached to an aromatic ring is 1. The molecule has 3 aliphatic rings. The van der Waals surface area contributed by atoms with Crippen LogP contribution in [-0.4, -0.2) is 20.2 Å². The van der Waals surface area contributed by atoms with Crippen molar-refractivity contribution in [3.8, 4) is 0 Å². The van der Waals surface area contributed by atoms with Crippen LogP contribution in [-0.2, 0) is 0 Å². The molecule has 0 amide bonds. The molecule has 1 aromatic heterocycles. The van der Waals surface area contributed by atoms with E-state index in [0.717, 1.165) is 23.7 Å². The maximum absolute atomic E-state index is 5.72. The van der Waals surface area contributed by atoms with Crippen LogP contribution < -0.4 is 5.73 Å². The fourth-order valence-electron chi connectivity index (χ4n) is 4.02. The van der Waals surface area contributed by atoms with Crippen molar-refractivity contribution in [3.05, 3.63) is 0 Å². The maximum atomic E-state index is 5.72. The molecular weight excluding hydrogens is 178 g/mol. The summed E-state index contributed by atoms with van der Waals surface area (Å²) < 4.78 is 1.85. The van der Waals surface area contributed by atoms with E-state index in [2.05, 4.69) is 15.5 Å². The van der Waals surface area contributed by atoms with Crippen LogP contribution in [0.25, 0.3) is 0 Å². The number of hydrogen-bond donors (Lipinski definition) is 1. The maximum Gasteiger partial charge on any atom is 0.240 e. The predicted molar refractivity (Wildman–Crippen MR) is 49.1 cm³/mol. The highest BCUT2D eigenvalue weighted by atomic mass is 15.6. The largest absolute Gasteiger partial charge is 0.367 e. The van der Waals surface area contributed by atoms with Gasteiger partial charge in [0, 0.05) is 0 Å². The summed E-state index contributed by atoms with van der Waals surface area (Å²) in [7, 11) is 0. The number of anilines is 1. The van der Waals surface area contributed by atoms with Gasteiger partial charge >= 0.3 is 0 Å². The van der Waals surface area contributed by atoms with Crippen molar-refractivity contribution < 1.29 is 0 Å². The normalized spacial score (nSPS) is 48.1. The third-order valence-electron chi connectivity index (χ3n) is 4.50. The molecule has 4 rings (SSSR count). The number of tetrazole rings is 1. The van der Waals surface area contributed by atoms with Gasteiger partial charge in [-0.3, -0.25) is 0 Å². The molecule has 2 bridgehead atoms. The van der Waals surface area contributed by atoms with Crippen molar-refractivity contribution in [2.24, 2.45) is 23.7 Å². The minimum atomic E-state index is 0.490. The van der Waals surface area contributed by atoms with E-state index >= 15 is 0 Å². The Bertz CT molecular complexity index is 370. The van der Waals surface area contributed by atoms with Crippen LogP contribution in [0.5, 0.6) is 0 Å². The van der Waals surface area contributed by atoms with Gasteiger partial charge < -0.3 is 5.73 Å². The van der Waals surface area contributed by atoms with Crippen LogP contribution in [0.4, 0.5) is 5.95 Å². The van der Waals surface area contributed by atoms with Crippen molar-refractivity contribution >= 4 is 5.95 Å². The van der Waals surface area contributed by atoms with Gasteiger partial charge in [0.15, 0.2) is 0 Å². The number of hydrogen-bond acceptors (Lipinski definition) is 4. The van der Waals surface area contributed by atoms with E-state index in [-0.39, 0.29) is 0 Å². The highest BCUT2D eigenvalue weighted by Crippen LogP contribution is 2.71. The average Bonchev–Trinajstić information content (AvgIpc) is 2.59. The molecule has 4 unspecified atom stereocenters. The van der Waals surface area contributed by atoms with Gasteiger partial charge in [-0.1, -0.05) is 5.10 Å². The summed E-state index contributed by atoms with van der Waals surface area (Å²) >= 11 is 0. The molecule has 3 fully saturated rings. The Morgan fingerprint density at radius 2 is 1.93 bits per heavy atom. The van der Waals surface area contributed by atoms with Gasteiger partial charge in [0.05, 0.1) is 6.04 Å². The molecule has 74 valence electrons. The van der Waals surface area contributed by atoms with Crippen LogP contribution in [0.1, 0.15) is 25.3 Å². The topological polar surface area (TPSA) is 69.6 Å². The minimum absolute atomic E-state index is 0.490. The molecule has 0 aliphatic heterocycles. The number of nitrogens with two attached hydrogens (primary N) is 1. The molecular formula is C9H13N5. The summed E-state index contributed by atoms with van der Waals surface area (Å²) in [5, 5.41) is 11.4. The lowest BCUT2D eigenvalue weighted by atomic mass is 10.0. The van der Waals surface area contributed by atoms with E-state index in [1.807, 2.05) is 4.68 Å². The summed E-state index contributed by atoms with van der Waals surface area (Å²) in [6.07, 6.45) is 4.29. The molecule has 5 nitrogen and oxygen atoms in total. The molecule has 4 atom stereocenters. The van der Waals surface area contributed by atoms with Gasteiger partial charge in [0.1, 0.15) is 0 Å². The summed E-state index contributed by atoms with van der Waals surface area (Å²) in [6, 6.07) is 0.538. The third-order valence-corrected chi connectivity index (χ3v) is 4.50. The van der Waals surface area contributed by atoms with E-state index in [1.165, 1.54) is 19.3 Å². The van der Waals surface area contributed by atoms with Crippen molar-refractivity contribution in [2.45, 2.75) is 25.3 Å². The fourth-order valence-corrected chi connectivity index (χ4v) is 4.02. The number of fused-ring (bicyclic) bond motifs is 5. The zero-order valence-corrected chi connectivity index (χ0v) is 7.87. The molecule has 1 aromatic rings. The Morgan fingerprint density at radius 1 is 1.21 bits per heavy atom. The average molecular weight is 191 g/mol. The number of aromatic nitrogens is 4. The Labute approximate surface area is 81.7 Å². The van der Waals surface area contributed by atoms with E-state index in [0.29, 0.717) is 12.0 Å². The first-order valence-electron chi connectivity index (χ1n) is 5.39. The van der Waals surface area contributed by atoms with Crippen LogP contribution in [0.2, 0.25) is 0 Å². The second-order valence-electron chi connectivity index (χ2n) is 4.96. The Kier molecular flexibility index (Phi) is 1.08. The molecule has 5 heteroatoms. The Hall–Kier alpha value is -1.13. The fraction of sp³-hybridized carbons (Fsp3) is 0.889. The van der Waals surface area contributed by atoms with E-state index < -0.39 is 0 Å². The summed E-state index contributed by atoms with van der Waals surface area (Å²) in [6.45, 7) is 0. The van der Waals surface area contributed by atoms with Crippen molar-refractivity contribution in [1.82, 2.24) is 20.2 Å². The van der Waals surface area contributed by atoms with E-state index in [9.17, 15) is 0 Å². The molecule has 0 saturated heterocycles. The van der Waals surface area contributed by atoms with Crippen molar-refractivity contribution in [1.29, 1.82) is 0 Å². The first-order chi connectivity index (χ1) is 6.86. The Balaban J connectivity index is 1.70. The minimum Gasteiger partial charge on any atom is -0.367 e. The van der Waals surface area contributed by atoms with E-state index in [1.54, 1.807) is 0 Å². The molecule has 0 spiro atoms. The van der Waals surface area contributed by atoms with Crippen LogP contribution in [0.3, 0.4) is 0 Å². The number of rotatable bonds is 1. The SMILES string of the molecule is Nc1nnnn1C1C2C3CCC(C3)C21. The second kappa shape index (κ2) is 2.10. The quantitative estimate of drug-likeness (QED) is 0.700. The van der Waals surface area contributed by atoms with Gasteiger partial charge in [-0.15, -0.1) is 0 Å². The van der Waals surface area contributed by atoms with Crippen LogP contribution in [0.15, 0.2) is 0 Å². The van der Waals surface area contributed by atoms with Crippen LogP contribution >= 0.6 is 0 Å². The van der Waals surface area contributed by atoms with Crippen LogP contribution in [0, 0.1) is 23.7 Å². The lowest BCUT2D eigenvalue weighted by Crippen LogP contribution is -2.09. The zero-order valence-electron chi connectivity index (χ0n) is 7.87. The van der Waals surface area contributed by atoms with E-state index in [4.69, 9.17) is 5.73 Å². The first-order valence-corrected chi connectivity index (χ1v) is 5.39. The summed E-state index contributed by atoms with van der Waals surface area (Å²) in [5.74, 6) is 4.07. The highest BCUT2D eigenvalue weighted by molar-refractivity contribution is 5.21. The zero-order chi connectivity index (χ0) is 9.28. The molecule has 3 aliphatic carbocycles. The van der Waals surface area contributed by atoms with Gasteiger partial charge in [0.2, 0.25) is 5.95 Å². The molecule has 2 N–H and O–H groups in total.